The molecule has 2 aliphatic carbocycles. The summed E-state index contributed by atoms with van der Waals surface area (Å²) in [6.45, 7) is 11.3. The highest BCUT2D eigenvalue weighted by Crippen LogP contribution is 2.42. The lowest BCUT2D eigenvalue weighted by molar-refractivity contribution is 0.108. The maximum absolute atomic E-state index is 13.1. The molecule has 2 fully saturated rings. The van der Waals surface area contributed by atoms with Crippen LogP contribution in [0.5, 0.6) is 0 Å². The minimum atomic E-state index is -3.77. The van der Waals surface area contributed by atoms with Crippen molar-refractivity contribution in [3.63, 3.8) is 0 Å². The lowest BCUT2D eigenvalue weighted by Crippen LogP contribution is -2.38. The van der Waals surface area contributed by atoms with Crippen LogP contribution in [0.2, 0.25) is 15.5 Å². The van der Waals surface area contributed by atoms with Crippen LogP contribution in [0, 0.1) is 0 Å². The number of hydrogen-bond donors (Lipinski definition) is 6. The summed E-state index contributed by atoms with van der Waals surface area (Å²) in [4.78, 5) is 34.9. The largest absolute Gasteiger partial charge is 0.447 e. The standard InChI is InChI=1S/C25H31ClN6O4S2.C21H30N4O4S2.C4H2Cl2N2/c1-4-28-38(34,35)21-13-18(29-23-12-11-22(26)31-32-23)9-10-19(21)20-14-27-24(37-20)16-5-7-17(8-6-16)30-25(33)36-15(2)3;1-4-24-31(27,28)19-11-15(22)7-10-17(19)18-12-23-20(30-18)14-5-8-16(9-6-14)25-21(26)29-13(2)3;5-3-1-2-4(6)8-7-3/h9-17,28H,4-8H2,1-3H3,(H,29,32)(H,30,33);7,10-14,16,24H,4-6,8-9,22H2,1-3H3,(H,25,26);1-2H. The smallest absolute Gasteiger partial charge is 0.407 e. The second kappa shape index (κ2) is 28.5. The minimum Gasteiger partial charge on any atom is -0.447 e. The second-order valence-electron chi connectivity index (χ2n) is 18.4. The summed E-state index contributed by atoms with van der Waals surface area (Å²) in [5.41, 5.74) is 7.98. The quantitative estimate of drug-likeness (QED) is 0.0491. The fraction of sp³-hybridized carbons (Fsp3) is 0.440. The molecule has 0 aliphatic heterocycles. The number of halogens is 3. The molecule has 0 bridgehead atoms. The van der Waals surface area contributed by atoms with E-state index in [2.05, 4.69) is 55.8 Å². The van der Waals surface area contributed by atoms with Crippen molar-refractivity contribution in [2.75, 3.05) is 24.1 Å². The molecule has 20 nitrogen and oxygen atoms in total. The number of ether oxygens (including phenoxy) is 2. The summed E-state index contributed by atoms with van der Waals surface area (Å²) < 4.78 is 67.0. The first-order chi connectivity index (χ1) is 36.6. The van der Waals surface area contributed by atoms with E-state index in [9.17, 15) is 26.4 Å². The third-order valence-corrected chi connectivity index (χ3v) is 18.0. The maximum atomic E-state index is 13.1. The molecule has 0 saturated heterocycles. The van der Waals surface area contributed by atoms with Crippen LogP contribution in [0.25, 0.3) is 20.9 Å². The molecule has 0 spiro atoms. The Kier molecular flexibility index (Phi) is 22.6. The van der Waals surface area contributed by atoms with Crippen LogP contribution in [-0.2, 0) is 29.5 Å². The number of benzene rings is 2. The van der Waals surface area contributed by atoms with E-state index in [1.54, 1.807) is 80.8 Å². The highest BCUT2D eigenvalue weighted by molar-refractivity contribution is 7.90. The number of sulfonamides is 2. The number of nitrogens with one attached hydrogen (secondary N) is 5. The zero-order valence-corrected chi connectivity index (χ0v) is 48.8. The average molecular weight is 1190 g/mol. The van der Waals surface area contributed by atoms with Gasteiger partial charge in [0.15, 0.2) is 21.3 Å². The molecule has 2 saturated carbocycles. The normalized spacial score (nSPS) is 17.5. The summed E-state index contributed by atoms with van der Waals surface area (Å²) in [5.74, 6) is 0.989. The number of amides is 2. The maximum Gasteiger partial charge on any atom is 0.407 e. The molecule has 7 N–H and O–H groups in total. The second-order valence-corrected chi connectivity index (χ2v) is 25.2. The molecule has 0 radical (unpaired) electrons. The number of nitrogens with two attached hydrogens (primary N) is 1. The number of carbonyl (C=O) groups is 2. The molecular weight excluding hydrogens is 1130 g/mol. The van der Waals surface area contributed by atoms with Gasteiger partial charge < -0.3 is 31.2 Å². The van der Waals surface area contributed by atoms with Gasteiger partial charge in [-0.05, 0) is 128 Å². The van der Waals surface area contributed by atoms with E-state index in [-0.39, 0.29) is 63.9 Å². The third-order valence-electron chi connectivity index (χ3n) is 11.8. The van der Waals surface area contributed by atoms with E-state index >= 15 is 0 Å². The predicted molar refractivity (Wildman–Crippen MR) is 303 cm³/mol. The first-order valence-electron chi connectivity index (χ1n) is 24.9. The van der Waals surface area contributed by atoms with Crippen LogP contribution < -0.4 is 31.1 Å². The van der Waals surface area contributed by atoms with Gasteiger partial charge in [-0.15, -0.1) is 43.1 Å². The lowest BCUT2D eigenvalue weighted by Gasteiger charge is -2.28. The Morgan fingerprint density at radius 3 is 1.43 bits per heavy atom. The molecule has 416 valence electrons. The predicted octanol–water partition coefficient (Wildman–Crippen LogP) is 11.1. The number of thiazole rings is 2. The van der Waals surface area contributed by atoms with Crippen LogP contribution in [0.15, 0.2) is 82.8 Å². The summed E-state index contributed by atoms with van der Waals surface area (Å²) in [6, 6.07) is 16.7. The highest BCUT2D eigenvalue weighted by Gasteiger charge is 2.30. The van der Waals surface area contributed by atoms with Crippen molar-refractivity contribution < 1.29 is 35.9 Å². The molecule has 0 unspecified atom stereocenters. The molecule has 4 heterocycles. The molecule has 6 aromatic rings. The minimum absolute atomic E-state index is 0.0826. The van der Waals surface area contributed by atoms with Crippen LogP contribution in [0.1, 0.15) is 115 Å². The Labute approximate surface area is 472 Å². The fourth-order valence-electron chi connectivity index (χ4n) is 8.36. The van der Waals surface area contributed by atoms with Crippen LogP contribution in [0.4, 0.5) is 26.8 Å². The highest BCUT2D eigenvalue weighted by atomic mass is 35.5. The molecule has 2 aliphatic rings. The van der Waals surface area contributed by atoms with Gasteiger partial charge in [-0.3, -0.25) is 0 Å². The van der Waals surface area contributed by atoms with Crippen molar-refractivity contribution in [2.24, 2.45) is 0 Å². The summed E-state index contributed by atoms with van der Waals surface area (Å²) in [6.07, 6.45) is 9.39. The molecule has 27 heteroatoms. The number of hydrogen-bond acceptors (Lipinski definition) is 18. The average Bonchev–Trinajstić information content (AvgIpc) is 4.09. The Hall–Kier alpha value is -5.31. The number of aromatic nitrogens is 6. The van der Waals surface area contributed by atoms with E-state index in [1.807, 2.05) is 27.7 Å². The van der Waals surface area contributed by atoms with Crippen molar-refractivity contribution >= 4 is 107 Å². The Morgan fingerprint density at radius 2 is 1.03 bits per heavy atom. The number of alkyl carbamates (subject to hydrolysis) is 2. The number of rotatable bonds is 16. The van der Waals surface area contributed by atoms with Crippen LogP contribution in [0.3, 0.4) is 0 Å². The molecule has 0 atom stereocenters. The molecular formula is C50H63Cl3N12O8S4. The lowest BCUT2D eigenvalue weighted by atomic mass is 9.86. The summed E-state index contributed by atoms with van der Waals surface area (Å²) in [5, 5.41) is 26.6. The van der Waals surface area contributed by atoms with Gasteiger partial charge in [0.25, 0.3) is 0 Å². The van der Waals surface area contributed by atoms with E-state index in [0.29, 0.717) is 51.1 Å². The van der Waals surface area contributed by atoms with Gasteiger partial charge in [-0.2, -0.15) is 0 Å². The number of carbonyl (C=O) groups excluding carboxylic acids is 2. The molecule has 4 aromatic heterocycles. The van der Waals surface area contributed by atoms with Gasteiger partial charge in [-0.1, -0.05) is 60.8 Å². The summed E-state index contributed by atoms with van der Waals surface area (Å²) >= 11 is 19.6. The van der Waals surface area contributed by atoms with Crippen LogP contribution >= 0.6 is 57.5 Å². The van der Waals surface area contributed by atoms with Gasteiger partial charge in [0.2, 0.25) is 20.0 Å². The van der Waals surface area contributed by atoms with E-state index in [1.165, 1.54) is 28.7 Å². The van der Waals surface area contributed by atoms with Crippen molar-refractivity contribution in [1.82, 2.24) is 50.4 Å². The number of nitrogen functional groups attached to an aromatic ring is 1. The van der Waals surface area contributed by atoms with Gasteiger partial charge in [0.1, 0.15) is 0 Å². The van der Waals surface area contributed by atoms with Gasteiger partial charge in [-0.25, -0.2) is 45.8 Å². The molecule has 8 rings (SSSR count). The molecule has 77 heavy (non-hydrogen) atoms. The van der Waals surface area contributed by atoms with Gasteiger partial charge >= 0.3 is 12.2 Å². The van der Waals surface area contributed by atoms with Crippen LogP contribution in [-0.4, -0.2) is 96.8 Å². The Bertz CT molecular complexity index is 3100. The first kappa shape index (κ1) is 60.9. The topological polar surface area (TPSA) is 284 Å². The summed E-state index contributed by atoms with van der Waals surface area (Å²) in [7, 11) is -7.43. The zero-order valence-electron chi connectivity index (χ0n) is 43.3. The van der Waals surface area contributed by atoms with E-state index in [4.69, 9.17) is 50.0 Å². The Balaban J connectivity index is 0.000000221. The van der Waals surface area contributed by atoms with Crippen molar-refractivity contribution in [3.8, 4) is 20.9 Å². The van der Waals surface area contributed by atoms with Crippen molar-refractivity contribution in [3.05, 3.63) is 98.5 Å². The molecule has 2 amide bonds. The van der Waals surface area contributed by atoms with E-state index in [0.717, 1.165) is 71.1 Å². The zero-order chi connectivity index (χ0) is 55.9. The first-order valence-corrected chi connectivity index (χ1v) is 30.7. The molecule has 2 aromatic carbocycles. The fourth-order valence-corrected chi connectivity index (χ4v) is 13.6. The van der Waals surface area contributed by atoms with E-state index < -0.39 is 20.0 Å². The van der Waals surface area contributed by atoms with Crippen molar-refractivity contribution in [1.29, 1.82) is 0 Å². The Morgan fingerprint density at radius 1 is 0.610 bits per heavy atom. The van der Waals surface area contributed by atoms with Gasteiger partial charge in [0, 0.05) is 71.9 Å². The van der Waals surface area contributed by atoms with Crippen molar-refractivity contribution in [2.45, 2.75) is 139 Å². The van der Waals surface area contributed by atoms with Gasteiger partial charge in [0.05, 0.1) is 41.8 Å². The monoisotopic (exact) mass is 1190 g/mol. The SMILES string of the molecule is CCNS(=O)(=O)c1cc(N)ccc1-c1cnc(C2CCC(NC(=O)OC(C)C)CC2)s1.CCNS(=O)(=O)c1cc(Nc2ccc(Cl)nn2)ccc1-c1cnc(C2CCC(NC(=O)OC(C)C)CC2)s1.Clc1ccc(Cl)nn1. The third kappa shape index (κ3) is 18.4. The number of nitrogens with zero attached hydrogens (tertiary/aromatic N) is 6. The number of anilines is 3.